The van der Waals surface area contributed by atoms with Crippen molar-refractivity contribution in [1.82, 2.24) is 5.32 Å². The molecule has 3 nitrogen and oxygen atoms in total. The van der Waals surface area contributed by atoms with Crippen molar-refractivity contribution in [2.45, 2.75) is 6.92 Å². The molecule has 1 amide bonds. The van der Waals surface area contributed by atoms with Crippen LogP contribution < -0.4 is 5.32 Å². The van der Waals surface area contributed by atoms with Crippen molar-refractivity contribution in [3.63, 3.8) is 0 Å². The lowest BCUT2D eigenvalue weighted by Gasteiger charge is -2.19. The van der Waals surface area contributed by atoms with Crippen LogP contribution in [0.3, 0.4) is 0 Å². The van der Waals surface area contributed by atoms with Gasteiger partial charge in [-0.2, -0.15) is 0 Å². The fourth-order valence-electron chi connectivity index (χ4n) is 0.689. The molecule has 1 aliphatic heterocycles. The maximum atomic E-state index is 10.6. The van der Waals surface area contributed by atoms with Crippen LogP contribution in [0.25, 0.3) is 0 Å². The summed E-state index contributed by atoms with van der Waals surface area (Å²) in [6, 6.07) is 0. The molecule has 9 heavy (non-hydrogen) atoms. The Morgan fingerprint density at radius 1 is 1.89 bits per heavy atom. The molecule has 0 bridgehead atoms. The number of hydrogen-bond acceptors (Lipinski definition) is 2. The number of β-lactam (4-membered cyclic amide) rings is 1. The van der Waals surface area contributed by atoms with Gasteiger partial charge in [-0.05, 0) is 12.5 Å². The number of aliphatic hydroxyl groups excluding tert-OH is 1. The third-order valence-electron chi connectivity index (χ3n) is 1.45. The van der Waals surface area contributed by atoms with Gasteiger partial charge >= 0.3 is 0 Å². The summed E-state index contributed by atoms with van der Waals surface area (Å²) in [5.41, 5.74) is 1.51. The van der Waals surface area contributed by atoms with Crippen LogP contribution in [-0.4, -0.2) is 24.2 Å². The third kappa shape index (κ3) is 0.954. The van der Waals surface area contributed by atoms with Crippen molar-refractivity contribution in [3.8, 4) is 0 Å². The maximum absolute atomic E-state index is 10.6. The maximum Gasteiger partial charge on any atom is 0.249 e. The van der Waals surface area contributed by atoms with Crippen molar-refractivity contribution in [2.24, 2.45) is 0 Å². The van der Waals surface area contributed by atoms with E-state index in [4.69, 9.17) is 5.11 Å². The Bertz CT molecular complexity index is 172. The van der Waals surface area contributed by atoms with Gasteiger partial charge in [-0.3, -0.25) is 4.79 Å². The molecule has 0 aromatic rings. The number of carbonyl (C=O) groups excluding carboxylic acids is 1. The standard InChI is InChI=1S/C6H9NO2/c1-4(3-8)5-2-7-6(5)9/h8H,2-3H2,1H3,(H,7,9)/b5-4-. The van der Waals surface area contributed by atoms with Crippen molar-refractivity contribution < 1.29 is 9.90 Å². The molecule has 1 fully saturated rings. The summed E-state index contributed by atoms with van der Waals surface area (Å²) in [5.74, 6) is -0.0402. The van der Waals surface area contributed by atoms with Crippen LogP contribution in [0, 0.1) is 0 Å². The van der Waals surface area contributed by atoms with Crippen LogP contribution in [0.5, 0.6) is 0 Å². The number of amides is 1. The van der Waals surface area contributed by atoms with Gasteiger partial charge in [-0.15, -0.1) is 0 Å². The van der Waals surface area contributed by atoms with Gasteiger partial charge < -0.3 is 10.4 Å². The zero-order valence-corrected chi connectivity index (χ0v) is 5.27. The highest BCUT2D eigenvalue weighted by molar-refractivity contribution is 6.00. The van der Waals surface area contributed by atoms with Crippen LogP contribution in [0.1, 0.15) is 6.92 Å². The predicted octanol–water partition coefficient (Wildman–Crippen LogP) is -0.575. The number of nitrogens with one attached hydrogen (secondary N) is 1. The zero-order valence-electron chi connectivity index (χ0n) is 5.27. The lowest BCUT2D eigenvalue weighted by molar-refractivity contribution is -0.120. The Morgan fingerprint density at radius 2 is 2.56 bits per heavy atom. The summed E-state index contributed by atoms with van der Waals surface area (Å²) in [7, 11) is 0. The van der Waals surface area contributed by atoms with Gasteiger partial charge in [0.05, 0.1) is 6.61 Å². The van der Waals surface area contributed by atoms with Gasteiger partial charge in [0.2, 0.25) is 5.91 Å². The summed E-state index contributed by atoms with van der Waals surface area (Å²) in [5, 5.41) is 11.1. The van der Waals surface area contributed by atoms with Crippen LogP contribution in [-0.2, 0) is 4.79 Å². The number of rotatable bonds is 1. The fourth-order valence-corrected chi connectivity index (χ4v) is 0.689. The second kappa shape index (κ2) is 2.19. The molecule has 3 heteroatoms. The van der Waals surface area contributed by atoms with Gasteiger partial charge in [-0.1, -0.05) is 0 Å². The first-order valence-electron chi connectivity index (χ1n) is 2.83. The second-order valence-corrected chi connectivity index (χ2v) is 2.10. The van der Waals surface area contributed by atoms with E-state index in [1.165, 1.54) is 0 Å². The lowest BCUT2D eigenvalue weighted by Crippen LogP contribution is -2.42. The minimum absolute atomic E-state index is 0.0112. The number of hydrogen-bond donors (Lipinski definition) is 2. The molecule has 0 unspecified atom stereocenters. The highest BCUT2D eigenvalue weighted by atomic mass is 16.3. The van der Waals surface area contributed by atoms with Crippen LogP contribution in [0.4, 0.5) is 0 Å². The number of carbonyl (C=O) groups is 1. The van der Waals surface area contributed by atoms with Gasteiger partial charge in [0.15, 0.2) is 0 Å². The van der Waals surface area contributed by atoms with Gasteiger partial charge in [0.25, 0.3) is 0 Å². The summed E-state index contributed by atoms with van der Waals surface area (Å²) in [6.45, 7) is 2.36. The average molecular weight is 127 g/mol. The van der Waals surface area contributed by atoms with E-state index >= 15 is 0 Å². The van der Waals surface area contributed by atoms with E-state index in [0.29, 0.717) is 6.54 Å². The fraction of sp³-hybridized carbons (Fsp3) is 0.500. The molecular weight excluding hydrogens is 118 g/mol. The molecule has 0 aromatic carbocycles. The molecule has 0 radical (unpaired) electrons. The Labute approximate surface area is 53.4 Å². The molecule has 1 aliphatic rings. The van der Waals surface area contributed by atoms with E-state index < -0.39 is 0 Å². The summed E-state index contributed by atoms with van der Waals surface area (Å²) >= 11 is 0. The highest BCUT2D eigenvalue weighted by Gasteiger charge is 2.20. The average Bonchev–Trinajstić information content (AvgIpc) is 1.84. The van der Waals surface area contributed by atoms with E-state index in [0.717, 1.165) is 11.1 Å². The van der Waals surface area contributed by atoms with Crippen molar-refractivity contribution in [1.29, 1.82) is 0 Å². The zero-order chi connectivity index (χ0) is 6.85. The largest absolute Gasteiger partial charge is 0.392 e. The first-order chi connectivity index (χ1) is 4.25. The number of aliphatic hydroxyl groups is 1. The Balaban J connectivity index is 2.69. The minimum atomic E-state index is -0.0402. The first kappa shape index (κ1) is 6.29. The molecule has 50 valence electrons. The van der Waals surface area contributed by atoms with Gasteiger partial charge in [0.1, 0.15) is 0 Å². The van der Waals surface area contributed by atoms with Crippen LogP contribution in [0.2, 0.25) is 0 Å². The Morgan fingerprint density at radius 3 is 2.67 bits per heavy atom. The molecule has 0 spiro atoms. The SMILES string of the molecule is C/C(CO)=C1\CNC1=O. The lowest BCUT2D eigenvalue weighted by atomic mass is 10.0. The Hall–Kier alpha value is -0.830. The molecule has 0 aromatic heterocycles. The summed E-state index contributed by atoms with van der Waals surface area (Å²) in [6.07, 6.45) is 0. The molecule has 0 atom stereocenters. The molecular formula is C6H9NO2. The molecule has 1 saturated heterocycles. The molecule has 1 heterocycles. The van der Waals surface area contributed by atoms with Crippen molar-refractivity contribution >= 4 is 5.91 Å². The van der Waals surface area contributed by atoms with Crippen LogP contribution >= 0.6 is 0 Å². The molecule has 1 rings (SSSR count). The van der Waals surface area contributed by atoms with E-state index in [-0.39, 0.29) is 12.5 Å². The van der Waals surface area contributed by atoms with Gasteiger partial charge in [-0.25, -0.2) is 0 Å². The normalized spacial score (nSPS) is 22.7. The molecule has 0 aliphatic carbocycles. The highest BCUT2D eigenvalue weighted by Crippen LogP contribution is 2.08. The van der Waals surface area contributed by atoms with E-state index in [1.54, 1.807) is 6.92 Å². The topological polar surface area (TPSA) is 49.3 Å². The van der Waals surface area contributed by atoms with Crippen molar-refractivity contribution in [3.05, 3.63) is 11.1 Å². The van der Waals surface area contributed by atoms with E-state index in [1.807, 2.05) is 0 Å². The monoisotopic (exact) mass is 127 g/mol. The first-order valence-corrected chi connectivity index (χ1v) is 2.83. The Kier molecular flexibility index (Phi) is 1.53. The molecule has 2 N–H and O–H groups in total. The smallest absolute Gasteiger partial charge is 0.249 e. The van der Waals surface area contributed by atoms with Crippen molar-refractivity contribution in [2.75, 3.05) is 13.2 Å². The van der Waals surface area contributed by atoms with Gasteiger partial charge in [0, 0.05) is 12.1 Å². The summed E-state index contributed by atoms with van der Waals surface area (Å²) < 4.78 is 0. The molecule has 0 saturated carbocycles. The summed E-state index contributed by atoms with van der Waals surface area (Å²) in [4.78, 5) is 10.6. The third-order valence-corrected chi connectivity index (χ3v) is 1.45. The van der Waals surface area contributed by atoms with E-state index in [2.05, 4.69) is 5.32 Å². The predicted molar refractivity (Wildman–Crippen MR) is 32.8 cm³/mol. The van der Waals surface area contributed by atoms with Crippen LogP contribution in [0.15, 0.2) is 11.1 Å². The second-order valence-electron chi connectivity index (χ2n) is 2.10. The quantitative estimate of drug-likeness (QED) is 0.366. The minimum Gasteiger partial charge on any atom is -0.392 e. The van der Waals surface area contributed by atoms with E-state index in [9.17, 15) is 4.79 Å².